The molecule has 0 aliphatic heterocycles. The number of aromatic nitrogens is 3. The third-order valence-electron chi connectivity index (χ3n) is 4.00. The summed E-state index contributed by atoms with van der Waals surface area (Å²) in [6, 6.07) is 15.1. The average molecular weight is 360 g/mol. The largest absolute Gasteiger partial charge is 0.348 e. The van der Waals surface area contributed by atoms with Crippen molar-refractivity contribution in [3.05, 3.63) is 89.0 Å². The van der Waals surface area contributed by atoms with Crippen molar-refractivity contribution in [1.29, 1.82) is 0 Å². The third-order valence-corrected chi connectivity index (χ3v) is 4.69. The van der Waals surface area contributed by atoms with Crippen molar-refractivity contribution in [2.75, 3.05) is 0 Å². The molecule has 0 spiro atoms. The molecule has 0 aliphatic carbocycles. The lowest BCUT2D eigenvalue weighted by molar-refractivity contribution is 0.0951. The van der Waals surface area contributed by atoms with Crippen molar-refractivity contribution < 1.29 is 4.79 Å². The Morgan fingerprint density at radius 3 is 2.88 bits per heavy atom. The van der Waals surface area contributed by atoms with E-state index in [4.69, 9.17) is 0 Å². The molecule has 0 saturated carbocycles. The summed E-state index contributed by atoms with van der Waals surface area (Å²) in [7, 11) is 0. The first-order valence-corrected chi connectivity index (χ1v) is 9.10. The summed E-state index contributed by atoms with van der Waals surface area (Å²) in [5.41, 5.74) is 4.41. The molecule has 1 N–H and O–H groups in total. The van der Waals surface area contributed by atoms with Crippen molar-refractivity contribution in [1.82, 2.24) is 20.1 Å². The van der Waals surface area contributed by atoms with E-state index in [0.717, 1.165) is 22.5 Å². The molecular formula is C20H16N4OS. The van der Waals surface area contributed by atoms with Gasteiger partial charge in [-0.2, -0.15) is 16.4 Å². The van der Waals surface area contributed by atoms with E-state index < -0.39 is 0 Å². The van der Waals surface area contributed by atoms with Gasteiger partial charge in [-0.3, -0.25) is 9.78 Å². The van der Waals surface area contributed by atoms with Gasteiger partial charge >= 0.3 is 0 Å². The second-order valence-electron chi connectivity index (χ2n) is 5.71. The Morgan fingerprint density at radius 1 is 1.12 bits per heavy atom. The summed E-state index contributed by atoms with van der Waals surface area (Å²) < 4.78 is 1.73. The third kappa shape index (κ3) is 3.41. The van der Waals surface area contributed by atoms with E-state index in [-0.39, 0.29) is 5.91 Å². The molecule has 4 aromatic rings. The molecule has 0 fully saturated rings. The van der Waals surface area contributed by atoms with Gasteiger partial charge in [0.25, 0.3) is 5.91 Å². The predicted octanol–water partition coefficient (Wildman–Crippen LogP) is 3.93. The van der Waals surface area contributed by atoms with Gasteiger partial charge in [0.15, 0.2) is 0 Å². The number of thiophene rings is 1. The zero-order chi connectivity index (χ0) is 17.8. The lowest BCUT2D eigenvalue weighted by Gasteiger charge is -2.10. The highest BCUT2D eigenvalue weighted by molar-refractivity contribution is 7.08. The van der Waals surface area contributed by atoms with Gasteiger partial charge in [0.1, 0.15) is 0 Å². The Kier molecular flexibility index (Phi) is 4.57. The number of hydrogen-bond donors (Lipinski definition) is 1. The van der Waals surface area contributed by atoms with Gasteiger partial charge in [0.05, 0.1) is 11.4 Å². The van der Waals surface area contributed by atoms with Gasteiger partial charge in [0.2, 0.25) is 0 Å². The van der Waals surface area contributed by atoms with E-state index in [2.05, 4.69) is 20.8 Å². The smallest absolute Gasteiger partial charge is 0.251 e. The minimum atomic E-state index is -0.126. The molecule has 0 radical (unpaired) electrons. The Bertz CT molecular complexity index is 1010. The number of amides is 1. The maximum absolute atomic E-state index is 12.6. The number of benzene rings is 1. The highest BCUT2D eigenvalue weighted by Crippen LogP contribution is 2.23. The molecule has 26 heavy (non-hydrogen) atoms. The average Bonchev–Trinajstić information content (AvgIpc) is 3.40. The summed E-state index contributed by atoms with van der Waals surface area (Å²) in [5.74, 6) is -0.126. The molecule has 128 valence electrons. The van der Waals surface area contributed by atoms with E-state index in [1.54, 1.807) is 34.5 Å². The molecule has 0 unspecified atom stereocenters. The molecule has 0 bridgehead atoms. The van der Waals surface area contributed by atoms with E-state index in [9.17, 15) is 4.79 Å². The van der Waals surface area contributed by atoms with Crippen LogP contribution in [0, 0.1) is 0 Å². The van der Waals surface area contributed by atoms with Crippen LogP contribution < -0.4 is 5.32 Å². The maximum Gasteiger partial charge on any atom is 0.251 e. The van der Waals surface area contributed by atoms with Crippen molar-refractivity contribution in [3.63, 3.8) is 0 Å². The molecule has 4 rings (SSSR count). The summed E-state index contributed by atoms with van der Waals surface area (Å²) in [6.07, 6.45) is 5.33. The van der Waals surface area contributed by atoms with Crippen LogP contribution in [-0.4, -0.2) is 20.7 Å². The van der Waals surface area contributed by atoms with Gasteiger partial charge in [-0.1, -0.05) is 12.1 Å². The highest BCUT2D eigenvalue weighted by atomic mass is 32.1. The molecule has 1 aromatic carbocycles. The fourth-order valence-electron chi connectivity index (χ4n) is 2.73. The van der Waals surface area contributed by atoms with E-state index in [1.165, 1.54) is 0 Å². The number of carbonyl (C=O) groups excluding carboxylic acids is 1. The summed E-state index contributed by atoms with van der Waals surface area (Å²) in [5, 5.41) is 11.3. The first-order chi connectivity index (χ1) is 12.8. The fourth-order valence-corrected chi connectivity index (χ4v) is 3.37. The minimum absolute atomic E-state index is 0.126. The molecule has 6 heteroatoms. The van der Waals surface area contributed by atoms with Crippen LogP contribution in [0.25, 0.3) is 16.9 Å². The van der Waals surface area contributed by atoms with Crippen molar-refractivity contribution in [2.24, 2.45) is 0 Å². The topological polar surface area (TPSA) is 59.8 Å². The van der Waals surface area contributed by atoms with Crippen LogP contribution in [0.4, 0.5) is 0 Å². The SMILES string of the molecule is O=C(NCc1cccnc1-c1ccsc1)c1cccc(-n2cccn2)c1. The quantitative estimate of drug-likeness (QED) is 0.587. The summed E-state index contributed by atoms with van der Waals surface area (Å²) >= 11 is 1.63. The van der Waals surface area contributed by atoms with Crippen LogP contribution in [0.1, 0.15) is 15.9 Å². The number of nitrogens with one attached hydrogen (secondary N) is 1. The zero-order valence-corrected chi connectivity index (χ0v) is 14.7. The molecule has 0 aliphatic rings. The summed E-state index contributed by atoms with van der Waals surface area (Å²) in [6.45, 7) is 0.420. The fraction of sp³-hybridized carbons (Fsp3) is 0.0500. The molecule has 3 heterocycles. The van der Waals surface area contributed by atoms with Gasteiger partial charge in [-0.25, -0.2) is 4.68 Å². The molecule has 3 aromatic heterocycles. The van der Waals surface area contributed by atoms with Crippen molar-refractivity contribution in [3.8, 4) is 16.9 Å². The van der Waals surface area contributed by atoms with Crippen LogP contribution in [0.15, 0.2) is 77.9 Å². The van der Waals surface area contributed by atoms with Crippen LogP contribution in [0.2, 0.25) is 0 Å². The van der Waals surface area contributed by atoms with Gasteiger partial charge in [0, 0.05) is 41.6 Å². The van der Waals surface area contributed by atoms with Crippen molar-refractivity contribution >= 4 is 17.2 Å². The van der Waals surface area contributed by atoms with Crippen molar-refractivity contribution in [2.45, 2.75) is 6.54 Å². The molecule has 0 atom stereocenters. The van der Waals surface area contributed by atoms with E-state index in [0.29, 0.717) is 12.1 Å². The normalized spacial score (nSPS) is 10.6. The predicted molar refractivity (Wildman–Crippen MR) is 102 cm³/mol. The lowest BCUT2D eigenvalue weighted by Crippen LogP contribution is -2.23. The van der Waals surface area contributed by atoms with Crippen LogP contribution in [0.3, 0.4) is 0 Å². The van der Waals surface area contributed by atoms with E-state index >= 15 is 0 Å². The maximum atomic E-state index is 12.6. The number of hydrogen-bond acceptors (Lipinski definition) is 4. The second-order valence-corrected chi connectivity index (χ2v) is 6.49. The Hall–Kier alpha value is -3.25. The van der Waals surface area contributed by atoms with E-state index in [1.807, 2.05) is 54.0 Å². The van der Waals surface area contributed by atoms with Gasteiger partial charge < -0.3 is 5.32 Å². The van der Waals surface area contributed by atoms with Gasteiger partial charge in [-0.05, 0) is 47.3 Å². The monoisotopic (exact) mass is 360 g/mol. The molecule has 0 saturated heterocycles. The summed E-state index contributed by atoms with van der Waals surface area (Å²) in [4.78, 5) is 17.0. The van der Waals surface area contributed by atoms with Crippen LogP contribution in [-0.2, 0) is 6.54 Å². The standard InChI is InChI=1S/C20H16N4OS/c25-20(15-4-1-6-18(12-15)24-10-3-9-23-24)22-13-16-5-2-8-21-19(16)17-7-11-26-14-17/h1-12,14H,13H2,(H,22,25). The Morgan fingerprint density at radius 2 is 2.08 bits per heavy atom. The first kappa shape index (κ1) is 16.2. The lowest BCUT2D eigenvalue weighted by atomic mass is 10.1. The van der Waals surface area contributed by atoms with Crippen LogP contribution in [0.5, 0.6) is 0 Å². The number of pyridine rings is 1. The minimum Gasteiger partial charge on any atom is -0.348 e. The Balaban J connectivity index is 1.51. The second kappa shape index (κ2) is 7.33. The Labute approximate surface area is 155 Å². The highest BCUT2D eigenvalue weighted by Gasteiger charge is 2.10. The first-order valence-electron chi connectivity index (χ1n) is 8.16. The van der Waals surface area contributed by atoms with Gasteiger partial charge in [-0.15, -0.1) is 0 Å². The van der Waals surface area contributed by atoms with Crippen LogP contribution >= 0.6 is 11.3 Å². The molecular weight excluding hydrogens is 344 g/mol. The zero-order valence-electron chi connectivity index (χ0n) is 13.9. The molecule has 1 amide bonds. The number of nitrogens with zero attached hydrogens (tertiary/aromatic N) is 3. The number of carbonyl (C=O) groups is 1. The molecule has 5 nitrogen and oxygen atoms in total. The number of rotatable bonds is 5.